The van der Waals surface area contributed by atoms with Crippen LogP contribution in [0.3, 0.4) is 0 Å². The van der Waals surface area contributed by atoms with Crippen LogP contribution in [-0.2, 0) is 6.42 Å². The van der Waals surface area contributed by atoms with Crippen molar-refractivity contribution in [2.24, 2.45) is 0 Å². The summed E-state index contributed by atoms with van der Waals surface area (Å²) in [7, 11) is 3.11. The number of benzene rings is 2. The molecule has 0 aliphatic rings. The predicted molar refractivity (Wildman–Crippen MR) is 88.7 cm³/mol. The van der Waals surface area contributed by atoms with Crippen molar-refractivity contribution in [1.82, 2.24) is 5.32 Å². The summed E-state index contributed by atoms with van der Waals surface area (Å²) in [6.07, 6.45) is 0.583. The maximum Gasteiger partial charge on any atom is 0.387 e. The number of nitrogens with one attached hydrogen (secondary N) is 1. The maximum absolute atomic E-state index is 12.2. The van der Waals surface area contributed by atoms with Crippen molar-refractivity contribution < 1.29 is 27.8 Å². The highest BCUT2D eigenvalue weighted by Gasteiger charge is 2.10. The molecule has 0 unspecified atom stereocenters. The van der Waals surface area contributed by atoms with Gasteiger partial charge in [0.15, 0.2) is 11.5 Å². The van der Waals surface area contributed by atoms with Crippen molar-refractivity contribution in [2.75, 3.05) is 20.8 Å². The first-order chi connectivity index (χ1) is 12.0. The van der Waals surface area contributed by atoms with E-state index in [1.54, 1.807) is 20.3 Å². The highest BCUT2D eigenvalue weighted by atomic mass is 19.3. The SMILES string of the molecule is COc1ccc(CCNC(=O)c2cccc(OC(F)F)c2)cc1OC. The molecule has 134 valence electrons. The highest BCUT2D eigenvalue weighted by Crippen LogP contribution is 2.27. The summed E-state index contributed by atoms with van der Waals surface area (Å²) >= 11 is 0. The Hall–Kier alpha value is -2.83. The van der Waals surface area contributed by atoms with Crippen LogP contribution in [-0.4, -0.2) is 33.3 Å². The zero-order valence-corrected chi connectivity index (χ0v) is 13.9. The van der Waals surface area contributed by atoms with Crippen molar-refractivity contribution >= 4 is 5.91 Å². The number of rotatable bonds is 8. The number of amides is 1. The molecule has 0 aliphatic carbocycles. The van der Waals surface area contributed by atoms with Gasteiger partial charge in [0.1, 0.15) is 5.75 Å². The predicted octanol–water partition coefficient (Wildman–Crippen LogP) is 3.28. The first-order valence-corrected chi connectivity index (χ1v) is 7.57. The van der Waals surface area contributed by atoms with Crippen LogP contribution in [0, 0.1) is 0 Å². The zero-order chi connectivity index (χ0) is 18.2. The number of halogens is 2. The molecule has 1 N–H and O–H groups in total. The van der Waals surface area contributed by atoms with Crippen LogP contribution in [0.5, 0.6) is 17.2 Å². The van der Waals surface area contributed by atoms with Crippen LogP contribution in [0.2, 0.25) is 0 Å². The fourth-order valence-corrected chi connectivity index (χ4v) is 2.27. The Morgan fingerprint density at radius 1 is 1.08 bits per heavy atom. The Labute approximate surface area is 144 Å². The third kappa shape index (κ3) is 5.34. The topological polar surface area (TPSA) is 56.8 Å². The Bertz CT molecular complexity index is 722. The van der Waals surface area contributed by atoms with E-state index >= 15 is 0 Å². The van der Waals surface area contributed by atoms with Crippen LogP contribution in [0.1, 0.15) is 15.9 Å². The number of carbonyl (C=O) groups is 1. The number of methoxy groups -OCH3 is 2. The number of hydrogen-bond acceptors (Lipinski definition) is 4. The van der Waals surface area contributed by atoms with Gasteiger partial charge >= 0.3 is 6.61 Å². The van der Waals surface area contributed by atoms with E-state index in [2.05, 4.69) is 10.1 Å². The molecule has 0 atom stereocenters. The lowest BCUT2D eigenvalue weighted by atomic mass is 10.1. The smallest absolute Gasteiger partial charge is 0.387 e. The number of alkyl halides is 2. The largest absolute Gasteiger partial charge is 0.493 e. The summed E-state index contributed by atoms with van der Waals surface area (Å²) in [6.45, 7) is -2.54. The van der Waals surface area contributed by atoms with E-state index in [0.717, 1.165) is 5.56 Å². The first kappa shape index (κ1) is 18.5. The van der Waals surface area contributed by atoms with Gasteiger partial charge in [-0.3, -0.25) is 4.79 Å². The molecule has 0 fully saturated rings. The second-order valence-corrected chi connectivity index (χ2v) is 5.10. The monoisotopic (exact) mass is 351 g/mol. The maximum atomic E-state index is 12.2. The highest BCUT2D eigenvalue weighted by molar-refractivity contribution is 5.94. The van der Waals surface area contributed by atoms with Gasteiger partial charge in [-0.25, -0.2) is 0 Å². The van der Waals surface area contributed by atoms with Crippen LogP contribution in [0.15, 0.2) is 42.5 Å². The molecule has 0 heterocycles. The van der Waals surface area contributed by atoms with E-state index in [9.17, 15) is 13.6 Å². The molecule has 2 aromatic carbocycles. The minimum Gasteiger partial charge on any atom is -0.493 e. The number of hydrogen-bond donors (Lipinski definition) is 1. The molecule has 1 amide bonds. The summed E-state index contributed by atoms with van der Waals surface area (Å²) < 4.78 is 39.1. The molecular weight excluding hydrogens is 332 g/mol. The van der Waals surface area contributed by atoms with Crippen molar-refractivity contribution in [3.8, 4) is 17.2 Å². The third-order valence-electron chi connectivity index (χ3n) is 3.47. The molecule has 0 saturated heterocycles. The molecule has 0 spiro atoms. The van der Waals surface area contributed by atoms with Crippen LogP contribution in [0.4, 0.5) is 8.78 Å². The van der Waals surface area contributed by atoms with E-state index in [1.807, 2.05) is 12.1 Å². The Kier molecular flexibility index (Phi) is 6.56. The van der Waals surface area contributed by atoms with Gasteiger partial charge in [0.2, 0.25) is 0 Å². The van der Waals surface area contributed by atoms with Crippen LogP contribution in [0.25, 0.3) is 0 Å². The van der Waals surface area contributed by atoms with Gasteiger partial charge in [0.25, 0.3) is 5.91 Å². The summed E-state index contributed by atoms with van der Waals surface area (Å²) in [5, 5.41) is 2.74. The van der Waals surface area contributed by atoms with E-state index in [1.165, 1.54) is 24.3 Å². The van der Waals surface area contributed by atoms with E-state index < -0.39 is 6.61 Å². The molecule has 7 heteroatoms. The minimum atomic E-state index is -2.93. The van der Waals surface area contributed by atoms with Crippen molar-refractivity contribution in [3.05, 3.63) is 53.6 Å². The lowest BCUT2D eigenvalue weighted by molar-refractivity contribution is -0.0498. The molecule has 0 bridgehead atoms. The van der Waals surface area contributed by atoms with Crippen LogP contribution < -0.4 is 19.5 Å². The number of carbonyl (C=O) groups excluding carboxylic acids is 1. The molecule has 25 heavy (non-hydrogen) atoms. The van der Waals surface area contributed by atoms with Crippen LogP contribution >= 0.6 is 0 Å². The Balaban J connectivity index is 1.92. The minimum absolute atomic E-state index is 0.0532. The van der Waals surface area contributed by atoms with Gasteiger partial charge in [-0.1, -0.05) is 12.1 Å². The van der Waals surface area contributed by atoms with Gasteiger partial charge in [0.05, 0.1) is 14.2 Å². The lowest BCUT2D eigenvalue weighted by Crippen LogP contribution is -2.25. The van der Waals surface area contributed by atoms with Gasteiger partial charge in [-0.2, -0.15) is 8.78 Å². The molecule has 0 saturated carbocycles. The van der Waals surface area contributed by atoms with Gasteiger partial charge in [-0.05, 0) is 42.3 Å². The van der Waals surface area contributed by atoms with Crippen molar-refractivity contribution in [2.45, 2.75) is 13.0 Å². The van der Waals surface area contributed by atoms with Crippen molar-refractivity contribution in [1.29, 1.82) is 0 Å². The second kappa shape index (κ2) is 8.86. The van der Waals surface area contributed by atoms with Crippen molar-refractivity contribution in [3.63, 3.8) is 0 Å². The summed E-state index contributed by atoms with van der Waals surface area (Å²) in [6, 6.07) is 11.2. The molecule has 5 nitrogen and oxygen atoms in total. The van der Waals surface area contributed by atoms with E-state index in [0.29, 0.717) is 24.5 Å². The second-order valence-electron chi connectivity index (χ2n) is 5.10. The Morgan fingerprint density at radius 2 is 1.84 bits per heavy atom. The van der Waals surface area contributed by atoms with E-state index in [4.69, 9.17) is 9.47 Å². The van der Waals surface area contributed by atoms with Gasteiger partial charge in [-0.15, -0.1) is 0 Å². The normalized spacial score (nSPS) is 10.4. The fourth-order valence-electron chi connectivity index (χ4n) is 2.27. The first-order valence-electron chi connectivity index (χ1n) is 7.57. The Morgan fingerprint density at radius 3 is 2.52 bits per heavy atom. The molecule has 0 aliphatic heterocycles. The lowest BCUT2D eigenvalue weighted by Gasteiger charge is -2.10. The molecule has 2 rings (SSSR count). The average Bonchev–Trinajstić information content (AvgIpc) is 2.61. The number of ether oxygens (including phenoxy) is 3. The van der Waals surface area contributed by atoms with Gasteiger partial charge in [0, 0.05) is 12.1 Å². The third-order valence-corrected chi connectivity index (χ3v) is 3.47. The summed E-state index contributed by atoms with van der Waals surface area (Å²) in [4.78, 5) is 12.1. The summed E-state index contributed by atoms with van der Waals surface area (Å²) in [5.41, 5.74) is 1.22. The standard InChI is InChI=1S/C18H19F2NO4/c1-23-15-7-6-12(10-16(15)24-2)8-9-21-17(22)13-4-3-5-14(11-13)25-18(19)20/h3-7,10-11,18H,8-9H2,1-2H3,(H,21,22). The quantitative estimate of drug-likeness (QED) is 0.793. The molecule has 0 aromatic heterocycles. The van der Waals surface area contributed by atoms with E-state index in [-0.39, 0.29) is 17.2 Å². The molecule has 2 aromatic rings. The summed E-state index contributed by atoms with van der Waals surface area (Å²) in [5.74, 6) is 0.831. The fraction of sp³-hybridized carbons (Fsp3) is 0.278. The zero-order valence-electron chi connectivity index (χ0n) is 13.9. The van der Waals surface area contributed by atoms with Gasteiger partial charge < -0.3 is 19.5 Å². The average molecular weight is 351 g/mol. The molecular formula is C18H19F2NO4. The molecule has 0 radical (unpaired) electrons.